The molecule has 0 amide bonds. The van der Waals surface area contributed by atoms with Gasteiger partial charge in [-0.05, 0) is 71.9 Å². The Morgan fingerprint density at radius 1 is 0.435 bits per heavy atom. The van der Waals surface area contributed by atoms with E-state index in [1.807, 2.05) is 91.0 Å². The molecule has 0 atom stereocenters. The monoisotopic (exact) mass is 661 g/mol. The predicted molar refractivity (Wildman–Crippen MR) is 164 cm³/mol. The summed E-state index contributed by atoms with van der Waals surface area (Å²) in [4.78, 5) is 53.4. The molecule has 0 aliphatic carbocycles. The van der Waals surface area contributed by atoms with Gasteiger partial charge in [-0.3, -0.25) is 14.4 Å². The fraction of sp³-hybridized carbons (Fsp3) is 0.167. The average molecular weight is 662 g/mol. The van der Waals surface area contributed by atoms with Gasteiger partial charge in [0.2, 0.25) is 0 Å². The van der Waals surface area contributed by atoms with Crippen molar-refractivity contribution in [2.75, 3.05) is 0 Å². The van der Waals surface area contributed by atoms with Gasteiger partial charge in [0, 0.05) is 0 Å². The molecule has 0 bridgehead atoms. The van der Waals surface area contributed by atoms with E-state index >= 15 is 0 Å². The summed E-state index contributed by atoms with van der Waals surface area (Å²) in [6.07, 6.45) is 3.46. The van der Waals surface area contributed by atoms with Gasteiger partial charge < -0.3 is 29.7 Å². The van der Waals surface area contributed by atoms with Gasteiger partial charge in [-0.2, -0.15) is 0 Å². The maximum Gasteiger partial charge on any atom is 3.00 e. The molecule has 0 saturated carbocycles. The quantitative estimate of drug-likeness (QED) is 0.261. The first kappa shape index (κ1) is 47.8. The van der Waals surface area contributed by atoms with Crippen LogP contribution < -0.4 is 15.3 Å². The van der Waals surface area contributed by atoms with Gasteiger partial charge in [0.05, 0.1) is 17.9 Å². The summed E-state index contributed by atoms with van der Waals surface area (Å²) in [5.41, 5.74) is 3.82. The Balaban J connectivity index is -0.000000262. The van der Waals surface area contributed by atoms with Crippen molar-refractivity contribution in [3.05, 3.63) is 144 Å². The van der Waals surface area contributed by atoms with Gasteiger partial charge in [0.1, 0.15) is 0 Å². The van der Waals surface area contributed by atoms with E-state index < -0.39 is 17.9 Å². The summed E-state index contributed by atoms with van der Waals surface area (Å²) in [6.45, 7) is 23.7. The molecule has 0 unspecified atom stereocenters. The molecule has 7 radical (unpaired) electrons. The molecule has 46 heavy (non-hydrogen) atoms. The van der Waals surface area contributed by atoms with Crippen LogP contribution in [0.3, 0.4) is 0 Å². The van der Waals surface area contributed by atoms with Crippen molar-refractivity contribution < 1.29 is 61.4 Å². The molecule has 10 heteroatoms. The normalized spacial score (nSPS) is 8.35. The van der Waals surface area contributed by atoms with Crippen LogP contribution in [0.5, 0.6) is 0 Å². The van der Waals surface area contributed by atoms with Gasteiger partial charge in [0.25, 0.3) is 20.4 Å². The number of carboxylic acids is 3. The van der Waals surface area contributed by atoms with Gasteiger partial charge in [-0.15, -0.1) is 0 Å². The molecule has 0 aliphatic rings. The Labute approximate surface area is 281 Å². The maximum absolute atomic E-state index is 10.3. The largest absolute Gasteiger partial charge is 3.00 e. The van der Waals surface area contributed by atoms with Crippen LogP contribution in [-0.4, -0.2) is 38.3 Å². The molecule has 9 nitrogen and oxygen atoms in total. The smallest absolute Gasteiger partial charge is 0.545 e. The molecule has 0 saturated heterocycles. The van der Waals surface area contributed by atoms with E-state index in [4.69, 9.17) is 14.4 Å². The number of carbonyl (C=O) groups is 3. The van der Waals surface area contributed by atoms with Gasteiger partial charge in [-0.1, -0.05) is 111 Å². The second-order valence-corrected chi connectivity index (χ2v) is 8.63. The number of aliphatic carboxylic acids is 3. The Kier molecular flexibility index (Phi) is 34.0. The number of carboxylic acid groups (broad SMARTS) is 3. The van der Waals surface area contributed by atoms with E-state index in [-0.39, 0.29) is 34.1 Å². The summed E-state index contributed by atoms with van der Waals surface area (Å²) in [5, 5.41) is 30.9. The number of carbonyl (C=O) groups excluding carboxylic acids is 6. The van der Waals surface area contributed by atoms with E-state index in [9.17, 15) is 29.7 Å². The first-order valence-corrected chi connectivity index (χ1v) is 13.0. The van der Waals surface area contributed by atoms with Crippen molar-refractivity contribution in [3.8, 4) is 0 Å². The molecule has 0 N–H and O–H groups in total. The standard InChI is InChI=1S/3C11H12O2.3CO.Cr/c3*1-9(11(12)13)7-8-10-5-3-2-4-6-10;3*1-2;/h3*2-6H,1,7-8H2,(H,12,13);;;;/q;;;;;;+3/p-3. The van der Waals surface area contributed by atoms with E-state index in [1.54, 1.807) is 0 Å². The van der Waals surface area contributed by atoms with Crippen LogP contribution in [0.1, 0.15) is 36.0 Å². The Bertz CT molecular complexity index is 1120. The molecule has 0 aliphatic heterocycles. The molecule has 0 heterocycles. The Morgan fingerprint density at radius 2 is 0.609 bits per heavy atom. The van der Waals surface area contributed by atoms with Crippen LogP contribution in [0.4, 0.5) is 0 Å². The van der Waals surface area contributed by atoms with Crippen LogP contribution in [0, 0.1) is 0 Å². The maximum atomic E-state index is 10.3. The second-order valence-electron chi connectivity index (χ2n) is 8.63. The average Bonchev–Trinajstić information content (AvgIpc) is 3.09. The summed E-state index contributed by atoms with van der Waals surface area (Å²) in [6, 6.07) is 29.1. The van der Waals surface area contributed by atoms with Crippen molar-refractivity contribution in [3.63, 3.8) is 0 Å². The SMILES string of the molecule is C=C(CCc1ccccc1)C(=O)[O-].C=C(CCc1ccccc1)C(=O)[O-].C=C(CCc1ccccc1)C(=O)[O-].[C]=O.[C]=O.[C]=O.[Cr+3]. The molecule has 0 aromatic heterocycles. The van der Waals surface area contributed by atoms with Gasteiger partial charge >= 0.3 is 17.4 Å². The third-order valence-corrected chi connectivity index (χ3v) is 5.54. The van der Waals surface area contributed by atoms with Crippen molar-refractivity contribution in [2.45, 2.75) is 38.5 Å². The van der Waals surface area contributed by atoms with Crippen LogP contribution >= 0.6 is 0 Å². The van der Waals surface area contributed by atoms with Gasteiger partial charge in [-0.25, -0.2) is 0 Å². The molecule has 3 aromatic carbocycles. The van der Waals surface area contributed by atoms with Crippen LogP contribution in [-0.2, 0) is 65.4 Å². The van der Waals surface area contributed by atoms with Crippen molar-refractivity contribution in [1.29, 1.82) is 0 Å². The number of aryl methyl sites for hydroxylation is 3. The van der Waals surface area contributed by atoms with E-state index in [1.165, 1.54) is 0 Å². The van der Waals surface area contributed by atoms with E-state index in [2.05, 4.69) is 40.1 Å². The van der Waals surface area contributed by atoms with Crippen molar-refractivity contribution >= 4 is 38.3 Å². The van der Waals surface area contributed by atoms with E-state index in [0.717, 1.165) is 16.7 Å². The number of rotatable bonds is 12. The minimum absolute atomic E-state index is 0. The molecule has 3 aromatic rings. The predicted octanol–water partition coefficient (Wildman–Crippen LogP) is 1.58. The van der Waals surface area contributed by atoms with Crippen LogP contribution in [0.2, 0.25) is 0 Å². The zero-order valence-electron chi connectivity index (χ0n) is 25.1. The van der Waals surface area contributed by atoms with Crippen molar-refractivity contribution in [1.82, 2.24) is 0 Å². The fourth-order valence-corrected chi connectivity index (χ4v) is 3.13. The van der Waals surface area contributed by atoms with Gasteiger partial charge in [0.15, 0.2) is 0 Å². The molecule has 3 rings (SSSR count). The minimum atomic E-state index is -1.16. The first-order chi connectivity index (χ1) is 21.6. The molecule has 237 valence electrons. The Hall–Kier alpha value is -5.17. The third kappa shape index (κ3) is 26.5. The summed E-state index contributed by atoms with van der Waals surface area (Å²) in [7, 11) is 0. The summed E-state index contributed by atoms with van der Waals surface area (Å²) in [5.74, 6) is -3.47. The number of hydrogen-bond acceptors (Lipinski definition) is 9. The molecular formula is C36H33CrO9. The second kappa shape index (κ2) is 32.7. The first-order valence-electron chi connectivity index (χ1n) is 13.0. The minimum Gasteiger partial charge on any atom is -0.545 e. The fourth-order valence-electron chi connectivity index (χ4n) is 3.13. The zero-order chi connectivity index (χ0) is 35.0. The third-order valence-electron chi connectivity index (χ3n) is 5.54. The van der Waals surface area contributed by atoms with Crippen LogP contribution in [0.15, 0.2) is 127 Å². The summed E-state index contributed by atoms with van der Waals surface area (Å²) < 4.78 is 0. The molecular weight excluding hydrogens is 628 g/mol. The Morgan fingerprint density at radius 3 is 0.761 bits per heavy atom. The summed E-state index contributed by atoms with van der Waals surface area (Å²) >= 11 is 0. The topological polar surface area (TPSA) is 172 Å². The van der Waals surface area contributed by atoms with Crippen LogP contribution in [0.25, 0.3) is 0 Å². The van der Waals surface area contributed by atoms with Crippen molar-refractivity contribution in [2.24, 2.45) is 0 Å². The number of benzene rings is 3. The zero-order valence-corrected chi connectivity index (χ0v) is 26.4. The molecule has 0 spiro atoms. The van der Waals surface area contributed by atoms with E-state index in [0.29, 0.717) is 38.5 Å². The molecule has 0 fully saturated rings. The number of hydrogen-bond donors (Lipinski definition) is 0.